The molecule has 1 N–H and O–H groups in total. The van der Waals surface area contributed by atoms with Crippen LogP contribution in [0.2, 0.25) is 0 Å². The molecule has 0 amide bonds. The molecule has 0 aromatic heterocycles. The van der Waals surface area contributed by atoms with E-state index in [9.17, 15) is 8.42 Å². The molecule has 12 heavy (non-hydrogen) atoms. The number of nitrogens with one attached hydrogen (secondary N) is 1. The molecule has 0 aromatic carbocycles. The first-order valence-electron chi connectivity index (χ1n) is 4.40. The van der Waals surface area contributed by atoms with Gasteiger partial charge in [-0.25, -0.2) is 8.42 Å². The molecule has 2 saturated heterocycles. The molecule has 2 aliphatic rings. The van der Waals surface area contributed by atoms with Crippen molar-refractivity contribution in [2.45, 2.75) is 18.9 Å². The molecule has 2 fully saturated rings. The van der Waals surface area contributed by atoms with Crippen LogP contribution in [0.5, 0.6) is 0 Å². The van der Waals surface area contributed by atoms with E-state index in [0.717, 1.165) is 32.5 Å². The van der Waals surface area contributed by atoms with Crippen LogP contribution in [-0.4, -0.2) is 44.2 Å². The second-order valence-electron chi connectivity index (χ2n) is 3.45. The lowest BCUT2D eigenvalue weighted by Crippen LogP contribution is -2.60. The monoisotopic (exact) mass is 190 g/mol. The fourth-order valence-electron chi connectivity index (χ4n) is 1.70. The number of hydrogen-bond acceptors (Lipinski definition) is 3. The summed E-state index contributed by atoms with van der Waals surface area (Å²) in [4.78, 5) is 0. The number of hydrogen-bond donors (Lipinski definition) is 1. The zero-order valence-electron chi connectivity index (χ0n) is 6.99. The lowest BCUT2D eigenvalue weighted by molar-refractivity contribution is 0.231. The molecule has 2 aliphatic heterocycles. The van der Waals surface area contributed by atoms with Crippen LogP contribution in [0, 0.1) is 0 Å². The summed E-state index contributed by atoms with van der Waals surface area (Å²) < 4.78 is 24.7. The maximum Gasteiger partial charge on any atom is 0.214 e. The summed E-state index contributed by atoms with van der Waals surface area (Å²) >= 11 is 0. The third-order valence-corrected chi connectivity index (χ3v) is 4.56. The maximum atomic E-state index is 11.5. The van der Waals surface area contributed by atoms with Crippen LogP contribution in [0.1, 0.15) is 12.8 Å². The van der Waals surface area contributed by atoms with Crippen molar-refractivity contribution < 1.29 is 8.42 Å². The molecular weight excluding hydrogens is 176 g/mol. The summed E-state index contributed by atoms with van der Waals surface area (Å²) in [5, 5.41) is 3.09. The van der Waals surface area contributed by atoms with E-state index < -0.39 is 10.0 Å². The van der Waals surface area contributed by atoms with Gasteiger partial charge in [-0.2, -0.15) is 4.31 Å². The van der Waals surface area contributed by atoms with E-state index >= 15 is 0 Å². The molecule has 70 valence electrons. The van der Waals surface area contributed by atoms with Crippen molar-refractivity contribution in [2.75, 3.05) is 25.4 Å². The maximum absolute atomic E-state index is 11.5. The lowest BCUT2D eigenvalue weighted by Gasteiger charge is -2.39. The zero-order valence-corrected chi connectivity index (χ0v) is 7.81. The van der Waals surface area contributed by atoms with E-state index in [0.29, 0.717) is 5.75 Å². The standard InChI is InChI=1S/C7H14N2O2S/c10-12(11)4-2-1-3-9(12)7-5-8-6-7/h7-8H,1-6H2. The molecule has 0 atom stereocenters. The quantitative estimate of drug-likeness (QED) is 0.600. The molecule has 0 radical (unpaired) electrons. The molecule has 0 aromatic rings. The predicted molar refractivity (Wildman–Crippen MR) is 46.4 cm³/mol. The van der Waals surface area contributed by atoms with Gasteiger partial charge >= 0.3 is 0 Å². The highest BCUT2D eigenvalue weighted by Gasteiger charge is 2.34. The van der Waals surface area contributed by atoms with Crippen LogP contribution in [0.4, 0.5) is 0 Å². The number of nitrogens with zero attached hydrogens (tertiary/aromatic N) is 1. The third kappa shape index (κ3) is 1.36. The normalized spacial score (nSPS) is 31.3. The van der Waals surface area contributed by atoms with Crippen LogP contribution in [0.3, 0.4) is 0 Å². The summed E-state index contributed by atoms with van der Waals surface area (Å²) in [6.07, 6.45) is 1.86. The van der Waals surface area contributed by atoms with Crippen LogP contribution in [0.15, 0.2) is 0 Å². The predicted octanol–water partition coefficient (Wildman–Crippen LogP) is -0.616. The average molecular weight is 190 g/mol. The summed E-state index contributed by atoms with van der Waals surface area (Å²) in [5.74, 6) is 0.351. The summed E-state index contributed by atoms with van der Waals surface area (Å²) in [6, 6.07) is 0.246. The smallest absolute Gasteiger partial charge is 0.214 e. The molecule has 0 spiro atoms. The Balaban J connectivity index is 2.10. The van der Waals surface area contributed by atoms with E-state index in [1.165, 1.54) is 0 Å². The third-order valence-electron chi connectivity index (χ3n) is 2.56. The van der Waals surface area contributed by atoms with Crippen molar-refractivity contribution >= 4 is 10.0 Å². The van der Waals surface area contributed by atoms with Gasteiger partial charge in [0.05, 0.1) is 5.75 Å². The minimum Gasteiger partial charge on any atom is -0.313 e. The van der Waals surface area contributed by atoms with Crippen LogP contribution >= 0.6 is 0 Å². The topological polar surface area (TPSA) is 49.4 Å². The first kappa shape index (κ1) is 8.47. The first-order chi connectivity index (χ1) is 5.70. The van der Waals surface area contributed by atoms with Gasteiger partial charge in [0.2, 0.25) is 10.0 Å². The highest BCUT2D eigenvalue weighted by molar-refractivity contribution is 7.89. The van der Waals surface area contributed by atoms with Crippen molar-refractivity contribution in [3.05, 3.63) is 0 Å². The Morgan fingerprint density at radius 3 is 2.50 bits per heavy atom. The molecule has 0 saturated carbocycles. The van der Waals surface area contributed by atoms with Crippen molar-refractivity contribution in [1.82, 2.24) is 9.62 Å². The Labute approximate surface area is 73.0 Å². The van der Waals surface area contributed by atoms with E-state index in [1.807, 2.05) is 0 Å². The van der Waals surface area contributed by atoms with E-state index in [2.05, 4.69) is 5.32 Å². The average Bonchev–Trinajstić information content (AvgIpc) is 1.89. The molecule has 0 aliphatic carbocycles. The minimum absolute atomic E-state index is 0.246. The lowest BCUT2D eigenvalue weighted by atomic mass is 10.2. The Morgan fingerprint density at radius 2 is 2.00 bits per heavy atom. The van der Waals surface area contributed by atoms with Gasteiger partial charge in [0.1, 0.15) is 0 Å². The highest BCUT2D eigenvalue weighted by Crippen LogP contribution is 2.18. The fourth-order valence-corrected chi connectivity index (χ4v) is 3.51. The highest BCUT2D eigenvalue weighted by atomic mass is 32.2. The Morgan fingerprint density at radius 1 is 1.25 bits per heavy atom. The SMILES string of the molecule is O=S1(=O)CCCCN1C1CNC1. The molecule has 0 bridgehead atoms. The molecule has 0 unspecified atom stereocenters. The molecular formula is C7H14N2O2S. The summed E-state index contributed by atoms with van der Waals surface area (Å²) in [5.41, 5.74) is 0. The summed E-state index contributed by atoms with van der Waals surface area (Å²) in [6.45, 7) is 2.40. The van der Waals surface area contributed by atoms with Crippen molar-refractivity contribution in [2.24, 2.45) is 0 Å². The fraction of sp³-hybridized carbons (Fsp3) is 1.00. The number of rotatable bonds is 1. The van der Waals surface area contributed by atoms with E-state index in [4.69, 9.17) is 0 Å². The van der Waals surface area contributed by atoms with Gasteiger partial charge in [0, 0.05) is 25.7 Å². The Hall–Kier alpha value is -0.130. The zero-order chi connectivity index (χ0) is 8.60. The molecule has 2 heterocycles. The Kier molecular flexibility index (Phi) is 2.10. The van der Waals surface area contributed by atoms with E-state index in [-0.39, 0.29) is 6.04 Å². The largest absolute Gasteiger partial charge is 0.313 e. The first-order valence-corrected chi connectivity index (χ1v) is 6.01. The van der Waals surface area contributed by atoms with Crippen LogP contribution in [0.25, 0.3) is 0 Å². The van der Waals surface area contributed by atoms with Crippen LogP contribution < -0.4 is 5.32 Å². The molecule has 4 nitrogen and oxygen atoms in total. The second-order valence-corrected chi connectivity index (χ2v) is 5.49. The summed E-state index contributed by atoms with van der Waals surface area (Å²) in [7, 11) is -2.89. The molecule has 2 rings (SSSR count). The Bertz CT molecular complexity index is 259. The van der Waals surface area contributed by atoms with Gasteiger partial charge in [-0.1, -0.05) is 0 Å². The van der Waals surface area contributed by atoms with Crippen molar-refractivity contribution in [1.29, 1.82) is 0 Å². The van der Waals surface area contributed by atoms with Crippen molar-refractivity contribution in [3.63, 3.8) is 0 Å². The van der Waals surface area contributed by atoms with E-state index in [1.54, 1.807) is 4.31 Å². The second kappa shape index (κ2) is 2.97. The van der Waals surface area contributed by atoms with Gasteiger partial charge in [0.15, 0.2) is 0 Å². The van der Waals surface area contributed by atoms with Crippen molar-refractivity contribution in [3.8, 4) is 0 Å². The molecule has 5 heteroatoms. The number of sulfonamides is 1. The van der Waals surface area contributed by atoms with Gasteiger partial charge in [0.25, 0.3) is 0 Å². The van der Waals surface area contributed by atoms with Gasteiger partial charge in [-0.3, -0.25) is 0 Å². The van der Waals surface area contributed by atoms with Crippen LogP contribution in [-0.2, 0) is 10.0 Å². The minimum atomic E-state index is -2.89. The van der Waals surface area contributed by atoms with Gasteiger partial charge in [-0.15, -0.1) is 0 Å². The van der Waals surface area contributed by atoms with Gasteiger partial charge < -0.3 is 5.32 Å². The van der Waals surface area contributed by atoms with Gasteiger partial charge in [-0.05, 0) is 12.8 Å².